The lowest BCUT2D eigenvalue weighted by atomic mass is 10.3. The summed E-state index contributed by atoms with van der Waals surface area (Å²) in [5, 5.41) is 11.4. The fourth-order valence-corrected chi connectivity index (χ4v) is 5.53. The van der Waals surface area contributed by atoms with Gasteiger partial charge in [-0.2, -0.15) is 4.31 Å². The van der Waals surface area contributed by atoms with E-state index in [4.69, 9.17) is 4.74 Å². The van der Waals surface area contributed by atoms with Crippen molar-refractivity contribution in [2.45, 2.75) is 17.7 Å². The van der Waals surface area contributed by atoms with Gasteiger partial charge in [-0.1, -0.05) is 0 Å². The molecule has 0 amide bonds. The fraction of sp³-hybridized carbons (Fsp3) is 0.312. The second kappa shape index (κ2) is 8.05. The Morgan fingerprint density at radius 3 is 2.56 bits per heavy atom. The molecule has 8 nitrogen and oxygen atoms in total. The van der Waals surface area contributed by atoms with Gasteiger partial charge in [-0.05, 0) is 53.0 Å². The van der Waals surface area contributed by atoms with Crippen molar-refractivity contribution in [2.24, 2.45) is 0 Å². The lowest BCUT2D eigenvalue weighted by Crippen LogP contribution is -2.27. The van der Waals surface area contributed by atoms with E-state index >= 15 is 0 Å². The number of carbonyl (C=O) groups is 1. The molecule has 2 aromatic rings. The smallest absolute Gasteiger partial charge is 0.312 e. The van der Waals surface area contributed by atoms with Gasteiger partial charge in [0, 0.05) is 19.2 Å². The minimum absolute atomic E-state index is 0.149. The number of halogens is 1. The molecule has 3 rings (SSSR count). The van der Waals surface area contributed by atoms with E-state index in [0.29, 0.717) is 18.0 Å². The van der Waals surface area contributed by atoms with Crippen molar-refractivity contribution in [1.29, 1.82) is 0 Å². The Hall–Kier alpha value is -1.82. The van der Waals surface area contributed by atoms with Crippen molar-refractivity contribution in [3.05, 3.63) is 49.1 Å². The van der Waals surface area contributed by atoms with E-state index in [9.17, 15) is 23.3 Å². The average molecular weight is 475 g/mol. The summed E-state index contributed by atoms with van der Waals surface area (Å²) in [6.07, 6.45) is 1.53. The van der Waals surface area contributed by atoms with Crippen molar-refractivity contribution >= 4 is 48.8 Å². The third kappa shape index (κ3) is 4.37. The highest BCUT2D eigenvalue weighted by atomic mass is 79.9. The molecule has 1 aliphatic heterocycles. The molecule has 0 atom stereocenters. The molecule has 0 bridgehead atoms. The summed E-state index contributed by atoms with van der Waals surface area (Å²) in [7, 11) is -3.78. The molecule has 0 N–H and O–H groups in total. The Bertz CT molecular complexity index is 983. The number of benzene rings is 1. The van der Waals surface area contributed by atoms with Crippen LogP contribution in [0.4, 0.5) is 5.69 Å². The summed E-state index contributed by atoms with van der Waals surface area (Å²) < 4.78 is 32.6. The summed E-state index contributed by atoms with van der Waals surface area (Å²) in [5.41, 5.74) is -0.490. The van der Waals surface area contributed by atoms with Gasteiger partial charge in [0.2, 0.25) is 15.8 Å². The van der Waals surface area contributed by atoms with Gasteiger partial charge >= 0.3 is 5.69 Å². The maximum atomic E-state index is 12.6. The molecule has 0 spiro atoms. The zero-order valence-corrected chi connectivity index (χ0v) is 17.2. The summed E-state index contributed by atoms with van der Waals surface area (Å²) in [5.74, 6) is -0.474. The third-order valence-electron chi connectivity index (χ3n) is 4.04. The summed E-state index contributed by atoms with van der Waals surface area (Å²) in [4.78, 5) is 23.1. The first-order valence-corrected chi connectivity index (χ1v) is 11.0. The number of Topliss-reactive ketones (excluding diaryl/α,β-unsaturated/α-hetero) is 1. The van der Waals surface area contributed by atoms with Gasteiger partial charge in [0.1, 0.15) is 0 Å². The van der Waals surface area contributed by atoms with Crippen LogP contribution in [-0.2, 0) is 10.0 Å². The zero-order valence-electron chi connectivity index (χ0n) is 14.0. The Morgan fingerprint density at radius 1 is 1.26 bits per heavy atom. The second-order valence-corrected chi connectivity index (χ2v) is 10.2. The number of hydrogen-bond acceptors (Lipinski definition) is 7. The minimum atomic E-state index is -3.78. The first kappa shape index (κ1) is 19.9. The van der Waals surface area contributed by atoms with Crippen LogP contribution in [0, 0.1) is 10.1 Å². The lowest BCUT2D eigenvalue weighted by Gasteiger charge is -2.15. The Kier molecular flexibility index (Phi) is 5.94. The molecule has 0 radical (unpaired) electrons. The molecule has 1 fully saturated rings. The number of hydrogen-bond donors (Lipinski definition) is 0. The van der Waals surface area contributed by atoms with Crippen LogP contribution in [0.3, 0.4) is 0 Å². The van der Waals surface area contributed by atoms with E-state index in [1.54, 1.807) is 12.1 Å². The lowest BCUT2D eigenvalue weighted by molar-refractivity contribution is -0.386. The van der Waals surface area contributed by atoms with Gasteiger partial charge in [0.05, 0.1) is 18.5 Å². The molecule has 1 aromatic carbocycles. The van der Waals surface area contributed by atoms with E-state index in [-0.39, 0.29) is 23.0 Å². The van der Waals surface area contributed by atoms with Crippen LogP contribution in [0.2, 0.25) is 0 Å². The van der Waals surface area contributed by atoms with Crippen LogP contribution in [0.25, 0.3) is 0 Å². The molecule has 2 heterocycles. The van der Waals surface area contributed by atoms with Crippen LogP contribution in [0.5, 0.6) is 5.75 Å². The summed E-state index contributed by atoms with van der Waals surface area (Å²) >= 11 is 4.49. The molecule has 1 aromatic heterocycles. The minimum Gasteiger partial charge on any atom is -0.478 e. The second-order valence-electron chi connectivity index (χ2n) is 5.81. The molecule has 0 saturated carbocycles. The Balaban J connectivity index is 1.82. The molecule has 0 unspecified atom stereocenters. The SMILES string of the molecule is O=C(COc1ccc(S(=O)(=O)N2CCCC2)cc1[N+](=O)[O-])c1ccc(Br)s1. The van der Waals surface area contributed by atoms with E-state index in [1.807, 2.05) is 0 Å². The number of nitro groups is 1. The molecule has 1 aliphatic rings. The third-order valence-corrected chi connectivity index (χ3v) is 7.60. The first-order valence-electron chi connectivity index (χ1n) is 7.99. The number of thiophene rings is 1. The van der Waals surface area contributed by atoms with E-state index in [0.717, 1.165) is 22.7 Å². The summed E-state index contributed by atoms with van der Waals surface area (Å²) in [6, 6.07) is 6.81. The highest BCUT2D eigenvalue weighted by Gasteiger charge is 2.30. The molecular formula is C16H15BrN2O6S2. The largest absolute Gasteiger partial charge is 0.478 e. The van der Waals surface area contributed by atoms with E-state index in [2.05, 4.69) is 15.9 Å². The van der Waals surface area contributed by atoms with Crippen molar-refractivity contribution in [3.63, 3.8) is 0 Å². The topological polar surface area (TPSA) is 107 Å². The quantitative estimate of drug-likeness (QED) is 0.345. The van der Waals surface area contributed by atoms with Crippen LogP contribution in [0.15, 0.2) is 39.0 Å². The number of ether oxygens (including phenoxy) is 1. The predicted octanol–water partition coefficient (Wildman–Crippen LogP) is 3.47. The predicted molar refractivity (Wildman–Crippen MR) is 103 cm³/mol. The standard InChI is InChI=1S/C16H15BrN2O6S2/c17-16-6-5-15(26-16)13(20)10-25-14-4-3-11(9-12(14)19(21)22)27(23,24)18-7-1-2-8-18/h3-6,9H,1-2,7-8,10H2. The summed E-state index contributed by atoms with van der Waals surface area (Å²) in [6.45, 7) is 0.421. The van der Waals surface area contributed by atoms with Crippen LogP contribution >= 0.6 is 27.3 Å². The monoisotopic (exact) mass is 474 g/mol. The number of nitrogens with zero attached hydrogens (tertiary/aromatic N) is 2. The number of sulfonamides is 1. The maximum absolute atomic E-state index is 12.6. The first-order chi connectivity index (χ1) is 12.8. The Morgan fingerprint density at radius 2 is 1.96 bits per heavy atom. The van der Waals surface area contributed by atoms with Crippen LogP contribution in [0.1, 0.15) is 22.5 Å². The highest BCUT2D eigenvalue weighted by Crippen LogP contribution is 2.32. The number of ketones is 1. The molecular weight excluding hydrogens is 460 g/mol. The van der Waals surface area contributed by atoms with Gasteiger partial charge in [-0.3, -0.25) is 14.9 Å². The van der Waals surface area contributed by atoms with E-state index in [1.165, 1.54) is 27.8 Å². The number of rotatable bonds is 7. The zero-order chi connectivity index (χ0) is 19.6. The van der Waals surface area contributed by atoms with Gasteiger partial charge in [0.25, 0.3) is 0 Å². The molecule has 1 saturated heterocycles. The van der Waals surface area contributed by atoms with Crippen molar-refractivity contribution < 1.29 is 22.9 Å². The maximum Gasteiger partial charge on any atom is 0.312 e. The van der Waals surface area contributed by atoms with Crippen molar-refractivity contribution in [1.82, 2.24) is 4.31 Å². The number of nitro benzene ring substituents is 1. The van der Waals surface area contributed by atoms with Crippen molar-refractivity contribution in [3.8, 4) is 5.75 Å². The van der Waals surface area contributed by atoms with E-state index < -0.39 is 20.6 Å². The van der Waals surface area contributed by atoms with Gasteiger partial charge in [-0.15, -0.1) is 11.3 Å². The molecule has 144 valence electrons. The fourth-order valence-electron chi connectivity index (χ4n) is 2.68. The highest BCUT2D eigenvalue weighted by molar-refractivity contribution is 9.11. The molecule has 11 heteroatoms. The average Bonchev–Trinajstić information content (AvgIpc) is 3.31. The van der Waals surface area contributed by atoms with Gasteiger partial charge < -0.3 is 4.74 Å². The van der Waals surface area contributed by atoms with Crippen LogP contribution < -0.4 is 4.74 Å². The normalized spacial score (nSPS) is 15.0. The van der Waals surface area contributed by atoms with Gasteiger partial charge in [-0.25, -0.2) is 8.42 Å². The Labute approximate surface area is 168 Å². The number of carbonyl (C=O) groups excluding carboxylic acids is 1. The molecule has 27 heavy (non-hydrogen) atoms. The van der Waals surface area contributed by atoms with Crippen LogP contribution in [-0.4, -0.2) is 43.1 Å². The van der Waals surface area contributed by atoms with Gasteiger partial charge in [0.15, 0.2) is 12.4 Å². The van der Waals surface area contributed by atoms with Crippen molar-refractivity contribution in [2.75, 3.05) is 19.7 Å². The molecule has 0 aliphatic carbocycles.